The maximum Gasteiger partial charge on any atom is 0.171 e. The van der Waals surface area contributed by atoms with Crippen molar-refractivity contribution in [3.63, 3.8) is 0 Å². The third-order valence-corrected chi connectivity index (χ3v) is 5.33. The van der Waals surface area contributed by atoms with Crippen molar-refractivity contribution in [2.75, 3.05) is 31.6 Å². The molecule has 4 nitrogen and oxygen atoms in total. The average molecular weight is 328 g/mol. The van der Waals surface area contributed by atoms with Gasteiger partial charge < -0.3 is 9.64 Å². The van der Waals surface area contributed by atoms with Crippen LogP contribution >= 0.6 is 0 Å². The Morgan fingerprint density at radius 2 is 2.04 bits per heavy atom. The van der Waals surface area contributed by atoms with E-state index >= 15 is 0 Å². The van der Waals surface area contributed by atoms with Gasteiger partial charge in [0, 0.05) is 42.5 Å². The fraction of sp³-hybridized carbons (Fsp3) is 0.550. The van der Waals surface area contributed by atoms with Crippen molar-refractivity contribution in [1.29, 1.82) is 0 Å². The van der Waals surface area contributed by atoms with Crippen LogP contribution in [-0.2, 0) is 14.9 Å². The summed E-state index contributed by atoms with van der Waals surface area (Å²) in [5.41, 5.74) is 3.39. The molecule has 2 heterocycles. The van der Waals surface area contributed by atoms with Gasteiger partial charge in [-0.15, -0.1) is 0 Å². The van der Waals surface area contributed by atoms with E-state index in [1.165, 1.54) is 11.3 Å². The number of nitrogens with zero attached hydrogens (tertiary/aromatic N) is 2. The van der Waals surface area contributed by atoms with Crippen molar-refractivity contribution in [2.24, 2.45) is 0 Å². The summed E-state index contributed by atoms with van der Waals surface area (Å²) in [4.78, 5) is 17.1. The summed E-state index contributed by atoms with van der Waals surface area (Å²) in [6.07, 6.45) is 2.03. The Labute approximate surface area is 145 Å². The summed E-state index contributed by atoms with van der Waals surface area (Å²) in [5, 5.41) is 0. The molecule has 0 aromatic heterocycles. The zero-order valence-electron chi connectivity index (χ0n) is 15.4. The number of morpholine rings is 1. The molecule has 3 rings (SSSR count). The largest absolute Gasteiger partial charge is 0.376 e. The van der Waals surface area contributed by atoms with Crippen molar-refractivity contribution < 1.29 is 9.53 Å². The van der Waals surface area contributed by atoms with Crippen LogP contribution in [0.25, 0.3) is 0 Å². The molecule has 1 aromatic rings. The lowest BCUT2D eigenvalue weighted by Gasteiger charge is -2.36. The fourth-order valence-corrected chi connectivity index (χ4v) is 3.85. The summed E-state index contributed by atoms with van der Waals surface area (Å²) in [5.74, 6) is 0.165. The highest BCUT2D eigenvalue weighted by Gasteiger charge is 2.38. The van der Waals surface area contributed by atoms with E-state index < -0.39 is 0 Å². The second-order valence-electron chi connectivity index (χ2n) is 7.62. The summed E-state index contributed by atoms with van der Waals surface area (Å²) in [6.45, 7) is 10.5. The second kappa shape index (κ2) is 6.34. The number of rotatable bonds is 3. The van der Waals surface area contributed by atoms with Gasteiger partial charge in [0.1, 0.15) is 0 Å². The van der Waals surface area contributed by atoms with Gasteiger partial charge in [-0.25, -0.2) is 0 Å². The standard InChI is InChI=1S/C20H28N2O2/c1-14-13-24-15(2)11-22(14)12-16(23)10-19-20(3,4)17-8-6-7-9-18(17)21(19)5/h6-10,14-15H,11-13H2,1-5H3/b19-10-. The van der Waals surface area contributed by atoms with Gasteiger partial charge in [0.15, 0.2) is 5.78 Å². The van der Waals surface area contributed by atoms with Crippen molar-refractivity contribution in [2.45, 2.75) is 45.3 Å². The molecule has 2 unspecified atom stereocenters. The molecule has 2 atom stereocenters. The zero-order chi connectivity index (χ0) is 17.5. The van der Waals surface area contributed by atoms with Gasteiger partial charge in [-0.2, -0.15) is 0 Å². The molecule has 0 saturated carbocycles. The van der Waals surface area contributed by atoms with E-state index in [4.69, 9.17) is 4.74 Å². The summed E-state index contributed by atoms with van der Waals surface area (Å²) < 4.78 is 5.65. The highest BCUT2D eigenvalue weighted by atomic mass is 16.5. The predicted octanol–water partition coefficient (Wildman–Crippen LogP) is 2.98. The van der Waals surface area contributed by atoms with Crippen LogP contribution in [0.3, 0.4) is 0 Å². The zero-order valence-corrected chi connectivity index (χ0v) is 15.4. The Morgan fingerprint density at radius 3 is 2.75 bits per heavy atom. The van der Waals surface area contributed by atoms with Gasteiger partial charge in [0.25, 0.3) is 0 Å². The van der Waals surface area contributed by atoms with Crippen molar-refractivity contribution in [3.8, 4) is 0 Å². The Bertz CT molecular complexity index is 665. The average Bonchev–Trinajstić information content (AvgIpc) is 2.72. The van der Waals surface area contributed by atoms with Gasteiger partial charge in [0.2, 0.25) is 0 Å². The molecule has 0 aliphatic carbocycles. The van der Waals surface area contributed by atoms with Crippen LogP contribution < -0.4 is 4.90 Å². The maximum atomic E-state index is 12.7. The molecule has 1 aromatic carbocycles. The topological polar surface area (TPSA) is 32.8 Å². The third kappa shape index (κ3) is 3.01. The van der Waals surface area contributed by atoms with E-state index in [1.807, 2.05) is 19.2 Å². The van der Waals surface area contributed by atoms with Gasteiger partial charge in [-0.1, -0.05) is 32.0 Å². The molecule has 0 radical (unpaired) electrons. The number of carbonyl (C=O) groups excluding carboxylic acids is 1. The van der Waals surface area contributed by atoms with Crippen LogP contribution in [-0.4, -0.2) is 49.6 Å². The number of ether oxygens (including phenoxy) is 1. The molecule has 1 fully saturated rings. The van der Waals surface area contributed by atoms with Crippen molar-refractivity contribution in [1.82, 2.24) is 4.90 Å². The van der Waals surface area contributed by atoms with Gasteiger partial charge in [-0.3, -0.25) is 9.69 Å². The monoisotopic (exact) mass is 328 g/mol. The van der Waals surface area contributed by atoms with Crippen LogP contribution in [0.2, 0.25) is 0 Å². The first-order valence-corrected chi connectivity index (χ1v) is 8.74. The highest BCUT2D eigenvalue weighted by Crippen LogP contribution is 2.46. The second-order valence-corrected chi connectivity index (χ2v) is 7.62. The molecule has 24 heavy (non-hydrogen) atoms. The quantitative estimate of drug-likeness (QED) is 0.799. The number of benzene rings is 1. The smallest absolute Gasteiger partial charge is 0.171 e. The Morgan fingerprint density at radius 1 is 1.33 bits per heavy atom. The molecule has 0 bridgehead atoms. The summed E-state index contributed by atoms with van der Waals surface area (Å²) in [6, 6.07) is 8.68. The summed E-state index contributed by atoms with van der Waals surface area (Å²) >= 11 is 0. The number of hydrogen-bond donors (Lipinski definition) is 0. The number of likely N-dealkylation sites (N-methyl/N-ethyl adjacent to an activating group) is 1. The molecule has 0 amide bonds. The van der Waals surface area contributed by atoms with E-state index in [1.54, 1.807) is 0 Å². The first-order chi connectivity index (χ1) is 11.3. The van der Waals surface area contributed by atoms with E-state index in [2.05, 4.69) is 55.7 Å². The SMILES string of the molecule is CC1CN(CC(=O)/C=C2\N(C)c3ccccc3C2(C)C)C(C)CO1. The van der Waals surface area contributed by atoms with E-state index in [9.17, 15) is 4.79 Å². The van der Waals surface area contributed by atoms with Gasteiger partial charge >= 0.3 is 0 Å². The normalized spacial score (nSPS) is 28.2. The Hall–Kier alpha value is -1.65. The first-order valence-electron chi connectivity index (χ1n) is 8.74. The van der Waals surface area contributed by atoms with Crippen LogP contribution in [0, 0.1) is 0 Å². The summed E-state index contributed by atoms with van der Waals surface area (Å²) in [7, 11) is 2.05. The van der Waals surface area contributed by atoms with E-state index in [0.717, 1.165) is 12.2 Å². The maximum absolute atomic E-state index is 12.7. The van der Waals surface area contributed by atoms with Gasteiger partial charge in [0.05, 0.1) is 19.3 Å². The predicted molar refractivity (Wildman–Crippen MR) is 97.4 cm³/mol. The number of hydrogen-bond acceptors (Lipinski definition) is 4. The lowest BCUT2D eigenvalue weighted by molar-refractivity contribution is -0.119. The number of carbonyl (C=O) groups is 1. The fourth-order valence-electron chi connectivity index (χ4n) is 3.85. The molecule has 130 valence electrons. The van der Waals surface area contributed by atoms with E-state index in [0.29, 0.717) is 13.2 Å². The molecule has 2 aliphatic rings. The molecular weight excluding hydrogens is 300 g/mol. The van der Waals surface area contributed by atoms with E-state index in [-0.39, 0.29) is 23.3 Å². The van der Waals surface area contributed by atoms with Crippen molar-refractivity contribution in [3.05, 3.63) is 41.6 Å². The van der Waals surface area contributed by atoms with Crippen LogP contribution in [0.1, 0.15) is 33.3 Å². The minimum absolute atomic E-state index is 0.148. The van der Waals surface area contributed by atoms with Crippen LogP contribution in [0.5, 0.6) is 0 Å². The lowest BCUT2D eigenvalue weighted by Crippen LogP contribution is -2.49. The molecule has 0 spiro atoms. The first kappa shape index (κ1) is 17.2. The molecule has 0 N–H and O–H groups in total. The third-order valence-electron chi connectivity index (χ3n) is 5.33. The molecule has 4 heteroatoms. The van der Waals surface area contributed by atoms with Gasteiger partial charge in [-0.05, 0) is 25.5 Å². The van der Waals surface area contributed by atoms with Crippen molar-refractivity contribution >= 4 is 11.5 Å². The Kier molecular flexibility index (Phi) is 4.54. The molecular formula is C20H28N2O2. The van der Waals surface area contributed by atoms with Crippen LogP contribution in [0.15, 0.2) is 36.0 Å². The number of para-hydroxylation sites is 1. The highest BCUT2D eigenvalue weighted by molar-refractivity contribution is 5.94. The minimum Gasteiger partial charge on any atom is -0.376 e. The minimum atomic E-state index is -0.148. The number of fused-ring (bicyclic) bond motifs is 1. The molecule has 1 saturated heterocycles. The van der Waals surface area contributed by atoms with Crippen LogP contribution in [0.4, 0.5) is 5.69 Å². The number of anilines is 1. The molecule has 2 aliphatic heterocycles. The number of allylic oxidation sites excluding steroid dienone is 1. The lowest BCUT2D eigenvalue weighted by atomic mass is 9.83. The Balaban J connectivity index is 1.80. The number of ketones is 1.